The number of hydrogen-bond donors (Lipinski definition) is 1. The second kappa shape index (κ2) is 9.96. The fourth-order valence-electron chi connectivity index (χ4n) is 4.03. The van der Waals surface area contributed by atoms with E-state index in [9.17, 15) is 14.9 Å². The van der Waals surface area contributed by atoms with E-state index in [1.165, 1.54) is 0 Å². The maximum Gasteiger partial charge on any atom is 0.409 e. The largest absolute Gasteiger partial charge is 0.450 e. The SMILES string of the molecule is CCOC(=O)N1CCN(CC(=O)Nc2c(C#N)c(C)c(C)n2C[C@H]2CCCO2)CC1. The van der Waals surface area contributed by atoms with Gasteiger partial charge in [-0.3, -0.25) is 9.69 Å². The Kier molecular flexibility index (Phi) is 7.34. The molecule has 1 aromatic heterocycles. The van der Waals surface area contributed by atoms with Crippen LogP contribution in [0, 0.1) is 25.2 Å². The molecule has 0 radical (unpaired) electrons. The zero-order valence-electron chi connectivity index (χ0n) is 18.1. The van der Waals surface area contributed by atoms with Gasteiger partial charge in [-0.1, -0.05) is 0 Å². The molecular formula is C21H31N5O4. The quantitative estimate of drug-likeness (QED) is 0.759. The van der Waals surface area contributed by atoms with Crippen LogP contribution in [-0.2, 0) is 20.8 Å². The third kappa shape index (κ3) is 4.94. The van der Waals surface area contributed by atoms with Gasteiger partial charge in [-0.25, -0.2) is 4.79 Å². The average molecular weight is 418 g/mol. The number of nitrogens with one attached hydrogen (secondary N) is 1. The van der Waals surface area contributed by atoms with E-state index >= 15 is 0 Å². The molecule has 9 nitrogen and oxygen atoms in total. The van der Waals surface area contributed by atoms with Crippen molar-refractivity contribution in [2.24, 2.45) is 0 Å². The molecule has 0 spiro atoms. The molecule has 9 heteroatoms. The number of nitrogens with zero attached hydrogens (tertiary/aromatic N) is 4. The first-order valence-electron chi connectivity index (χ1n) is 10.6. The number of ether oxygens (including phenoxy) is 2. The molecule has 2 aliphatic rings. The highest BCUT2D eigenvalue weighted by Gasteiger charge is 2.26. The van der Waals surface area contributed by atoms with E-state index in [1.807, 2.05) is 23.3 Å². The Morgan fingerprint density at radius 2 is 2.00 bits per heavy atom. The van der Waals surface area contributed by atoms with Crippen LogP contribution in [0.2, 0.25) is 0 Å². The van der Waals surface area contributed by atoms with Crippen LogP contribution in [0.15, 0.2) is 0 Å². The third-order valence-electron chi connectivity index (χ3n) is 5.87. The molecule has 3 heterocycles. The minimum Gasteiger partial charge on any atom is -0.450 e. The van der Waals surface area contributed by atoms with E-state index in [2.05, 4.69) is 11.4 Å². The molecule has 2 saturated heterocycles. The minimum atomic E-state index is -0.307. The molecule has 0 aliphatic carbocycles. The maximum absolute atomic E-state index is 12.8. The van der Waals surface area contributed by atoms with Gasteiger partial charge in [0.25, 0.3) is 0 Å². The van der Waals surface area contributed by atoms with Crippen LogP contribution in [0.25, 0.3) is 0 Å². The lowest BCUT2D eigenvalue weighted by atomic mass is 10.2. The normalized spacial score (nSPS) is 19.5. The zero-order valence-corrected chi connectivity index (χ0v) is 18.1. The van der Waals surface area contributed by atoms with Crippen molar-refractivity contribution in [2.45, 2.75) is 46.3 Å². The van der Waals surface area contributed by atoms with Crippen molar-refractivity contribution in [1.82, 2.24) is 14.4 Å². The molecule has 1 atom stereocenters. The fraction of sp³-hybridized carbons (Fsp3) is 0.667. The van der Waals surface area contributed by atoms with Crippen molar-refractivity contribution in [1.29, 1.82) is 5.26 Å². The number of aromatic nitrogens is 1. The molecule has 2 fully saturated rings. The van der Waals surface area contributed by atoms with Crippen molar-refractivity contribution >= 4 is 17.8 Å². The van der Waals surface area contributed by atoms with Crippen LogP contribution in [0.5, 0.6) is 0 Å². The summed E-state index contributed by atoms with van der Waals surface area (Å²) in [6.45, 7) is 9.88. The van der Waals surface area contributed by atoms with Crippen molar-refractivity contribution in [3.05, 3.63) is 16.8 Å². The Bertz CT molecular complexity index is 814. The highest BCUT2D eigenvalue weighted by Crippen LogP contribution is 2.28. The summed E-state index contributed by atoms with van der Waals surface area (Å²) in [5.41, 5.74) is 2.36. The van der Waals surface area contributed by atoms with Crippen LogP contribution in [-0.4, -0.2) is 78.4 Å². The van der Waals surface area contributed by atoms with Gasteiger partial charge >= 0.3 is 6.09 Å². The van der Waals surface area contributed by atoms with Crippen molar-refractivity contribution in [3.63, 3.8) is 0 Å². The van der Waals surface area contributed by atoms with E-state index < -0.39 is 0 Å². The van der Waals surface area contributed by atoms with Gasteiger partial charge in [0.05, 0.1) is 31.4 Å². The number of carbonyl (C=O) groups is 2. The number of carbonyl (C=O) groups excluding carboxylic acids is 2. The monoisotopic (exact) mass is 417 g/mol. The number of rotatable bonds is 6. The van der Waals surface area contributed by atoms with E-state index in [4.69, 9.17) is 9.47 Å². The molecule has 0 bridgehead atoms. The molecule has 1 aromatic rings. The van der Waals surface area contributed by atoms with Crippen LogP contribution < -0.4 is 5.32 Å². The van der Waals surface area contributed by atoms with E-state index in [0.29, 0.717) is 50.7 Å². The lowest BCUT2D eigenvalue weighted by molar-refractivity contribution is -0.117. The lowest BCUT2D eigenvalue weighted by Crippen LogP contribution is -2.50. The van der Waals surface area contributed by atoms with Gasteiger partial charge in [0.2, 0.25) is 5.91 Å². The summed E-state index contributed by atoms with van der Waals surface area (Å²) in [6, 6.07) is 2.24. The molecule has 30 heavy (non-hydrogen) atoms. The first-order valence-corrected chi connectivity index (χ1v) is 10.6. The van der Waals surface area contributed by atoms with Crippen molar-refractivity contribution in [2.75, 3.05) is 51.3 Å². The molecule has 2 amide bonds. The number of anilines is 1. The molecule has 0 saturated carbocycles. The van der Waals surface area contributed by atoms with Crippen molar-refractivity contribution < 1.29 is 19.1 Å². The van der Waals surface area contributed by atoms with Gasteiger partial charge in [-0.05, 0) is 39.2 Å². The van der Waals surface area contributed by atoms with Crippen LogP contribution in [0.1, 0.15) is 36.6 Å². The molecule has 1 N–H and O–H groups in total. The second-order valence-electron chi connectivity index (χ2n) is 7.80. The number of amides is 2. The van der Waals surface area contributed by atoms with Gasteiger partial charge in [-0.15, -0.1) is 0 Å². The minimum absolute atomic E-state index is 0.105. The van der Waals surface area contributed by atoms with E-state index in [-0.39, 0.29) is 24.6 Å². The molecule has 164 valence electrons. The molecule has 0 unspecified atom stereocenters. The molecule has 2 aliphatic heterocycles. The predicted molar refractivity (Wildman–Crippen MR) is 111 cm³/mol. The smallest absolute Gasteiger partial charge is 0.409 e. The molecule has 0 aromatic carbocycles. The topological polar surface area (TPSA) is 99.8 Å². The van der Waals surface area contributed by atoms with E-state index in [1.54, 1.807) is 11.8 Å². The van der Waals surface area contributed by atoms with Crippen LogP contribution in [0.4, 0.5) is 10.6 Å². The van der Waals surface area contributed by atoms with E-state index in [0.717, 1.165) is 30.7 Å². The predicted octanol–water partition coefficient (Wildman–Crippen LogP) is 1.87. The standard InChI is InChI=1S/C21H31N5O4/c1-4-29-21(28)25-9-7-24(8-10-25)14-19(27)23-20-18(12-22)15(2)16(3)26(20)13-17-6-5-11-30-17/h17H,4-11,13-14H2,1-3H3,(H,23,27)/t17-/m1/s1. The van der Waals surface area contributed by atoms with Gasteiger partial charge in [0.15, 0.2) is 0 Å². The summed E-state index contributed by atoms with van der Waals surface area (Å²) in [4.78, 5) is 28.2. The Hall–Kier alpha value is -2.57. The molecule has 3 rings (SSSR count). The summed E-state index contributed by atoms with van der Waals surface area (Å²) in [7, 11) is 0. The van der Waals surface area contributed by atoms with Crippen LogP contribution in [0.3, 0.4) is 0 Å². The Morgan fingerprint density at radius 1 is 1.27 bits per heavy atom. The summed E-state index contributed by atoms with van der Waals surface area (Å²) in [6.07, 6.45) is 1.82. The first-order chi connectivity index (χ1) is 14.4. The van der Waals surface area contributed by atoms with Gasteiger partial charge in [-0.2, -0.15) is 5.26 Å². The summed E-state index contributed by atoms with van der Waals surface area (Å²) >= 11 is 0. The Labute approximate surface area is 177 Å². The fourth-order valence-corrected chi connectivity index (χ4v) is 4.03. The highest BCUT2D eigenvalue weighted by molar-refractivity contribution is 5.93. The zero-order chi connectivity index (χ0) is 21.7. The van der Waals surface area contributed by atoms with Crippen LogP contribution >= 0.6 is 0 Å². The van der Waals surface area contributed by atoms with Gasteiger partial charge < -0.3 is 24.3 Å². The highest BCUT2D eigenvalue weighted by atomic mass is 16.6. The number of hydrogen-bond acceptors (Lipinski definition) is 6. The molecular weight excluding hydrogens is 386 g/mol. The number of nitriles is 1. The van der Waals surface area contributed by atoms with Crippen molar-refractivity contribution in [3.8, 4) is 6.07 Å². The Morgan fingerprint density at radius 3 is 2.60 bits per heavy atom. The number of piperazine rings is 1. The second-order valence-corrected chi connectivity index (χ2v) is 7.80. The summed E-state index contributed by atoms with van der Waals surface area (Å²) in [5, 5.41) is 12.6. The summed E-state index contributed by atoms with van der Waals surface area (Å²) in [5.74, 6) is 0.389. The van der Waals surface area contributed by atoms with Gasteiger partial charge in [0, 0.05) is 38.5 Å². The third-order valence-corrected chi connectivity index (χ3v) is 5.87. The van der Waals surface area contributed by atoms with Gasteiger partial charge in [0.1, 0.15) is 11.9 Å². The lowest BCUT2D eigenvalue weighted by Gasteiger charge is -2.33. The summed E-state index contributed by atoms with van der Waals surface area (Å²) < 4.78 is 12.8. The average Bonchev–Trinajstić information content (AvgIpc) is 3.32. The Balaban J connectivity index is 1.63. The first kappa shape index (κ1) is 22.1. The maximum atomic E-state index is 12.8.